The largest absolute Gasteiger partial charge is 0.367 e. The third-order valence-corrected chi connectivity index (χ3v) is 3.84. The van der Waals surface area contributed by atoms with Gasteiger partial charge in [-0.2, -0.15) is 4.98 Å². The van der Waals surface area contributed by atoms with Crippen LogP contribution in [-0.4, -0.2) is 16.7 Å². The molecule has 5 heteroatoms. The van der Waals surface area contributed by atoms with Crippen LogP contribution in [0.15, 0.2) is 28.8 Å². The van der Waals surface area contributed by atoms with Crippen LogP contribution in [0.4, 0.5) is 0 Å². The van der Waals surface area contributed by atoms with E-state index in [0.29, 0.717) is 24.7 Å². The molecule has 1 aliphatic heterocycles. The number of nitrogens with two attached hydrogens (primary N) is 1. The van der Waals surface area contributed by atoms with Crippen molar-refractivity contribution in [3.05, 3.63) is 47.1 Å². The summed E-state index contributed by atoms with van der Waals surface area (Å²) in [4.78, 5) is 4.49. The average Bonchev–Trinajstić information content (AvgIpc) is 3.10. The van der Waals surface area contributed by atoms with E-state index < -0.39 is 5.60 Å². The number of rotatable bonds is 4. The van der Waals surface area contributed by atoms with Crippen LogP contribution in [0.25, 0.3) is 0 Å². The number of aromatic nitrogens is 2. The van der Waals surface area contributed by atoms with E-state index in [9.17, 15) is 0 Å². The Morgan fingerprint density at radius 2 is 2.10 bits per heavy atom. The highest BCUT2D eigenvalue weighted by Crippen LogP contribution is 2.33. The second kappa shape index (κ2) is 5.34. The zero-order chi connectivity index (χ0) is 14.0. The van der Waals surface area contributed by atoms with Crippen LogP contribution in [0.1, 0.15) is 42.6 Å². The first-order chi connectivity index (χ1) is 9.71. The molecule has 1 aromatic heterocycles. The predicted molar refractivity (Wildman–Crippen MR) is 74.0 cm³/mol. The van der Waals surface area contributed by atoms with Crippen molar-refractivity contribution in [2.45, 2.75) is 38.3 Å². The van der Waals surface area contributed by atoms with Gasteiger partial charge in [0.15, 0.2) is 0 Å². The molecule has 1 saturated heterocycles. The number of hydrogen-bond acceptors (Lipinski definition) is 5. The smallest absolute Gasteiger partial charge is 0.231 e. The third-order valence-electron chi connectivity index (χ3n) is 3.84. The van der Waals surface area contributed by atoms with Crippen molar-refractivity contribution < 1.29 is 9.26 Å². The summed E-state index contributed by atoms with van der Waals surface area (Å²) in [6.45, 7) is 3.29. The fourth-order valence-corrected chi connectivity index (χ4v) is 2.59. The van der Waals surface area contributed by atoms with Gasteiger partial charge in [-0.15, -0.1) is 0 Å². The highest BCUT2D eigenvalue weighted by atomic mass is 16.5. The maximum absolute atomic E-state index is 5.74. The highest BCUT2D eigenvalue weighted by molar-refractivity contribution is 5.29. The first kappa shape index (κ1) is 13.3. The van der Waals surface area contributed by atoms with Gasteiger partial charge < -0.3 is 15.0 Å². The van der Waals surface area contributed by atoms with Gasteiger partial charge in [-0.05, 0) is 30.9 Å². The van der Waals surface area contributed by atoms with Crippen molar-refractivity contribution in [1.82, 2.24) is 10.1 Å². The van der Waals surface area contributed by atoms with Gasteiger partial charge in [0.25, 0.3) is 0 Å². The first-order valence-electron chi connectivity index (χ1n) is 6.95. The molecular weight excluding hydrogens is 254 g/mol. The lowest BCUT2D eigenvalue weighted by Gasteiger charge is -2.17. The molecular formula is C15H19N3O2. The fraction of sp³-hybridized carbons (Fsp3) is 0.467. The van der Waals surface area contributed by atoms with Gasteiger partial charge in [0.1, 0.15) is 5.60 Å². The average molecular weight is 273 g/mol. The van der Waals surface area contributed by atoms with Crippen LogP contribution in [0.3, 0.4) is 0 Å². The number of ether oxygens (including phenoxy) is 1. The molecule has 5 nitrogen and oxygen atoms in total. The fourth-order valence-electron chi connectivity index (χ4n) is 2.59. The molecule has 2 heterocycles. The molecule has 2 aromatic rings. The monoisotopic (exact) mass is 273 g/mol. The minimum atomic E-state index is -0.394. The number of benzene rings is 1. The normalized spacial score (nSPS) is 22.3. The highest BCUT2D eigenvalue weighted by Gasteiger charge is 2.36. The van der Waals surface area contributed by atoms with Crippen LogP contribution in [0.5, 0.6) is 0 Å². The lowest BCUT2D eigenvalue weighted by molar-refractivity contribution is 0.00768. The van der Waals surface area contributed by atoms with Crippen LogP contribution in [0, 0.1) is 0 Å². The zero-order valence-corrected chi connectivity index (χ0v) is 11.6. The van der Waals surface area contributed by atoms with E-state index in [0.717, 1.165) is 30.6 Å². The van der Waals surface area contributed by atoms with Crippen molar-refractivity contribution in [2.24, 2.45) is 5.73 Å². The van der Waals surface area contributed by atoms with E-state index in [-0.39, 0.29) is 0 Å². The van der Waals surface area contributed by atoms with E-state index in [2.05, 4.69) is 10.1 Å². The second-order valence-corrected chi connectivity index (χ2v) is 5.34. The molecule has 1 aromatic carbocycles. The minimum absolute atomic E-state index is 0.394. The SMILES string of the molecule is CC1(c2noc(Cc3ccccc3CN)n2)CCCO1. The molecule has 0 amide bonds. The molecule has 1 unspecified atom stereocenters. The molecule has 20 heavy (non-hydrogen) atoms. The van der Waals surface area contributed by atoms with Crippen molar-refractivity contribution in [3.8, 4) is 0 Å². The summed E-state index contributed by atoms with van der Waals surface area (Å²) < 4.78 is 11.1. The zero-order valence-electron chi connectivity index (χ0n) is 11.6. The maximum Gasteiger partial charge on any atom is 0.231 e. The maximum atomic E-state index is 5.74. The summed E-state index contributed by atoms with van der Waals surface area (Å²) in [5.41, 5.74) is 7.58. The Labute approximate surface area is 118 Å². The van der Waals surface area contributed by atoms with Crippen LogP contribution in [-0.2, 0) is 23.3 Å². The van der Waals surface area contributed by atoms with E-state index >= 15 is 0 Å². The van der Waals surface area contributed by atoms with Gasteiger partial charge in [0.2, 0.25) is 11.7 Å². The second-order valence-electron chi connectivity index (χ2n) is 5.34. The predicted octanol–water partition coefficient (Wildman–Crippen LogP) is 2.14. The molecule has 0 bridgehead atoms. The van der Waals surface area contributed by atoms with E-state index in [4.69, 9.17) is 15.0 Å². The summed E-state index contributed by atoms with van der Waals surface area (Å²) >= 11 is 0. The molecule has 0 aliphatic carbocycles. The number of hydrogen-bond donors (Lipinski definition) is 1. The van der Waals surface area contributed by atoms with Crippen LogP contribution >= 0.6 is 0 Å². The Morgan fingerprint density at radius 1 is 1.30 bits per heavy atom. The Kier molecular flexibility index (Phi) is 3.54. The Morgan fingerprint density at radius 3 is 2.80 bits per heavy atom. The van der Waals surface area contributed by atoms with Crippen molar-refractivity contribution in [3.63, 3.8) is 0 Å². The summed E-state index contributed by atoms with van der Waals surface area (Å²) in [6, 6.07) is 8.04. The van der Waals surface area contributed by atoms with Crippen LogP contribution < -0.4 is 5.73 Å². The molecule has 0 saturated carbocycles. The minimum Gasteiger partial charge on any atom is -0.367 e. The Bertz CT molecular complexity index is 588. The van der Waals surface area contributed by atoms with Gasteiger partial charge in [0.05, 0.1) is 6.42 Å². The number of nitrogens with zero attached hydrogens (tertiary/aromatic N) is 2. The molecule has 1 atom stereocenters. The van der Waals surface area contributed by atoms with Gasteiger partial charge in [-0.1, -0.05) is 29.4 Å². The van der Waals surface area contributed by atoms with E-state index in [1.807, 2.05) is 31.2 Å². The molecule has 1 aliphatic rings. The lowest BCUT2D eigenvalue weighted by atomic mass is 10.0. The summed E-state index contributed by atoms with van der Waals surface area (Å²) in [5, 5.41) is 4.08. The van der Waals surface area contributed by atoms with Gasteiger partial charge in [0, 0.05) is 13.2 Å². The van der Waals surface area contributed by atoms with Crippen molar-refractivity contribution in [2.75, 3.05) is 6.61 Å². The summed E-state index contributed by atoms with van der Waals surface area (Å²) in [5.74, 6) is 1.26. The third kappa shape index (κ3) is 2.46. The molecule has 2 N–H and O–H groups in total. The van der Waals surface area contributed by atoms with E-state index in [1.54, 1.807) is 0 Å². The van der Waals surface area contributed by atoms with Gasteiger partial charge in [-0.3, -0.25) is 0 Å². The van der Waals surface area contributed by atoms with Crippen molar-refractivity contribution >= 4 is 0 Å². The summed E-state index contributed by atoms with van der Waals surface area (Å²) in [6.07, 6.45) is 2.58. The molecule has 1 fully saturated rings. The molecule has 3 rings (SSSR count). The Hall–Kier alpha value is -1.72. The Balaban J connectivity index is 1.80. The quantitative estimate of drug-likeness (QED) is 0.923. The molecule has 106 valence electrons. The van der Waals surface area contributed by atoms with Gasteiger partial charge >= 0.3 is 0 Å². The molecule has 0 spiro atoms. The topological polar surface area (TPSA) is 74.2 Å². The molecule has 0 radical (unpaired) electrons. The summed E-state index contributed by atoms with van der Waals surface area (Å²) in [7, 11) is 0. The van der Waals surface area contributed by atoms with Gasteiger partial charge in [-0.25, -0.2) is 0 Å². The van der Waals surface area contributed by atoms with Crippen LogP contribution in [0.2, 0.25) is 0 Å². The standard InChI is InChI=1S/C15H19N3O2/c1-15(7-4-8-19-15)14-17-13(20-18-14)9-11-5-2-3-6-12(11)10-16/h2-3,5-6H,4,7-10,16H2,1H3. The van der Waals surface area contributed by atoms with Crippen molar-refractivity contribution in [1.29, 1.82) is 0 Å². The van der Waals surface area contributed by atoms with E-state index in [1.165, 1.54) is 0 Å². The lowest BCUT2D eigenvalue weighted by Crippen LogP contribution is -2.21. The first-order valence-corrected chi connectivity index (χ1v) is 6.95.